The molecular formula is C18H20N4O3S. The summed E-state index contributed by atoms with van der Waals surface area (Å²) in [5, 5.41) is 12.0. The van der Waals surface area contributed by atoms with E-state index in [-0.39, 0.29) is 17.7 Å². The van der Waals surface area contributed by atoms with Crippen LogP contribution in [-0.4, -0.2) is 33.5 Å². The van der Waals surface area contributed by atoms with Gasteiger partial charge in [-0.15, -0.1) is 10.2 Å². The molecule has 0 aliphatic heterocycles. The molecule has 0 bridgehead atoms. The first-order valence-corrected chi connectivity index (χ1v) is 9.07. The Morgan fingerprint density at radius 1 is 1.31 bits per heavy atom. The predicted octanol–water partition coefficient (Wildman–Crippen LogP) is 3.05. The number of thioether (sulfide) groups is 1. The van der Waals surface area contributed by atoms with Gasteiger partial charge in [-0.1, -0.05) is 23.9 Å². The van der Waals surface area contributed by atoms with Crippen LogP contribution in [0.1, 0.15) is 18.7 Å². The third-order valence-corrected chi connectivity index (χ3v) is 4.88. The van der Waals surface area contributed by atoms with Crippen LogP contribution in [0.3, 0.4) is 0 Å². The SMILES string of the molecule is COc1ccccc1-c1nnc(SCC(=O)N[C@H](C)c2ccco2)n1C. The standard InChI is InChI=1S/C18H20N4O3S/c1-12(14-9-6-10-25-14)19-16(23)11-26-18-21-20-17(22(18)2)13-7-4-5-8-15(13)24-3/h4-10,12H,11H2,1-3H3,(H,19,23)/t12-/m1/s1. The van der Waals surface area contributed by atoms with Crippen LogP contribution in [0.25, 0.3) is 11.4 Å². The Morgan fingerprint density at radius 2 is 2.12 bits per heavy atom. The van der Waals surface area contributed by atoms with Crippen molar-refractivity contribution >= 4 is 17.7 Å². The van der Waals surface area contributed by atoms with Crippen LogP contribution < -0.4 is 10.1 Å². The molecule has 0 aliphatic rings. The highest BCUT2D eigenvalue weighted by molar-refractivity contribution is 7.99. The molecule has 2 heterocycles. The van der Waals surface area contributed by atoms with E-state index in [1.54, 1.807) is 19.4 Å². The summed E-state index contributed by atoms with van der Waals surface area (Å²) < 4.78 is 12.5. The number of aromatic nitrogens is 3. The van der Waals surface area contributed by atoms with E-state index in [4.69, 9.17) is 9.15 Å². The highest BCUT2D eigenvalue weighted by Gasteiger charge is 2.17. The van der Waals surface area contributed by atoms with E-state index in [1.807, 2.05) is 48.9 Å². The van der Waals surface area contributed by atoms with E-state index in [9.17, 15) is 4.79 Å². The van der Waals surface area contributed by atoms with E-state index < -0.39 is 0 Å². The van der Waals surface area contributed by atoms with Gasteiger partial charge in [0.25, 0.3) is 0 Å². The Morgan fingerprint density at radius 3 is 2.85 bits per heavy atom. The zero-order valence-electron chi connectivity index (χ0n) is 14.8. The Hall–Kier alpha value is -2.74. The van der Waals surface area contributed by atoms with Gasteiger partial charge in [0.1, 0.15) is 11.5 Å². The van der Waals surface area contributed by atoms with Crippen molar-refractivity contribution in [3.05, 3.63) is 48.4 Å². The van der Waals surface area contributed by atoms with E-state index >= 15 is 0 Å². The molecule has 0 fully saturated rings. The monoisotopic (exact) mass is 372 g/mol. The van der Waals surface area contributed by atoms with E-state index in [2.05, 4.69) is 15.5 Å². The number of ether oxygens (including phenoxy) is 1. The van der Waals surface area contributed by atoms with E-state index in [0.29, 0.717) is 11.0 Å². The van der Waals surface area contributed by atoms with Crippen LogP contribution in [0.2, 0.25) is 0 Å². The van der Waals surface area contributed by atoms with Gasteiger partial charge in [0, 0.05) is 7.05 Å². The molecule has 0 spiro atoms. The molecule has 8 heteroatoms. The highest BCUT2D eigenvalue weighted by atomic mass is 32.2. The Labute approximate surface area is 155 Å². The summed E-state index contributed by atoms with van der Waals surface area (Å²) in [4.78, 5) is 12.2. The molecule has 3 rings (SSSR count). The molecule has 7 nitrogen and oxygen atoms in total. The third-order valence-electron chi connectivity index (χ3n) is 3.86. The van der Waals surface area contributed by atoms with Crippen LogP contribution in [0.5, 0.6) is 5.75 Å². The lowest BCUT2D eigenvalue weighted by molar-refractivity contribution is -0.119. The number of hydrogen-bond donors (Lipinski definition) is 1. The number of nitrogens with one attached hydrogen (secondary N) is 1. The number of carbonyl (C=O) groups excluding carboxylic acids is 1. The summed E-state index contributed by atoms with van der Waals surface area (Å²) in [6.45, 7) is 1.88. The van der Waals surface area contributed by atoms with Gasteiger partial charge in [-0.05, 0) is 31.2 Å². The average molecular weight is 372 g/mol. The van der Waals surface area contributed by atoms with Crippen molar-refractivity contribution in [3.8, 4) is 17.1 Å². The first kappa shape index (κ1) is 18.1. The van der Waals surface area contributed by atoms with Crippen molar-refractivity contribution in [2.24, 2.45) is 7.05 Å². The van der Waals surface area contributed by atoms with Crippen LogP contribution >= 0.6 is 11.8 Å². The molecular weight excluding hydrogens is 352 g/mol. The highest BCUT2D eigenvalue weighted by Crippen LogP contribution is 2.29. The largest absolute Gasteiger partial charge is 0.496 e. The summed E-state index contributed by atoms with van der Waals surface area (Å²) in [5.41, 5.74) is 0.854. The number of nitrogens with zero attached hydrogens (tertiary/aromatic N) is 3. The molecule has 3 aromatic rings. The van der Waals surface area contributed by atoms with Gasteiger partial charge < -0.3 is 19.0 Å². The minimum atomic E-state index is -0.179. The van der Waals surface area contributed by atoms with Crippen molar-refractivity contribution < 1.29 is 13.9 Å². The van der Waals surface area contributed by atoms with Gasteiger partial charge >= 0.3 is 0 Å². The molecule has 136 valence electrons. The molecule has 1 aromatic carbocycles. The summed E-state index contributed by atoms with van der Waals surface area (Å²) in [5.74, 6) is 2.28. The average Bonchev–Trinajstić information content (AvgIpc) is 3.30. The van der Waals surface area contributed by atoms with Gasteiger partial charge in [0.2, 0.25) is 5.91 Å². The Bertz CT molecular complexity index is 876. The number of amides is 1. The number of methoxy groups -OCH3 is 1. The summed E-state index contributed by atoms with van der Waals surface area (Å²) in [6.07, 6.45) is 1.59. The Kier molecular flexibility index (Phi) is 5.62. The van der Waals surface area contributed by atoms with Gasteiger partial charge in [0.05, 0.1) is 30.7 Å². The van der Waals surface area contributed by atoms with Crippen molar-refractivity contribution in [2.75, 3.05) is 12.9 Å². The quantitative estimate of drug-likeness (QED) is 0.642. The maximum atomic E-state index is 12.2. The molecule has 0 radical (unpaired) electrons. The fourth-order valence-corrected chi connectivity index (χ4v) is 3.25. The fourth-order valence-electron chi connectivity index (χ4n) is 2.53. The number of rotatable bonds is 7. The van der Waals surface area contributed by atoms with Crippen LogP contribution in [0, 0.1) is 0 Å². The van der Waals surface area contributed by atoms with Crippen molar-refractivity contribution in [2.45, 2.75) is 18.1 Å². The third kappa shape index (κ3) is 3.91. The van der Waals surface area contributed by atoms with Crippen LogP contribution in [0.4, 0.5) is 0 Å². The molecule has 2 aromatic heterocycles. The molecule has 26 heavy (non-hydrogen) atoms. The second-order valence-electron chi connectivity index (χ2n) is 5.66. The maximum absolute atomic E-state index is 12.2. The summed E-state index contributed by atoms with van der Waals surface area (Å²) >= 11 is 1.33. The van der Waals surface area contributed by atoms with Crippen LogP contribution in [-0.2, 0) is 11.8 Å². The lowest BCUT2D eigenvalue weighted by Gasteiger charge is -2.11. The lowest BCUT2D eigenvalue weighted by Crippen LogP contribution is -2.28. The van der Waals surface area contributed by atoms with E-state index in [0.717, 1.165) is 17.1 Å². The van der Waals surface area contributed by atoms with E-state index in [1.165, 1.54) is 11.8 Å². The van der Waals surface area contributed by atoms with Crippen molar-refractivity contribution in [1.82, 2.24) is 20.1 Å². The summed E-state index contributed by atoms with van der Waals surface area (Å²) in [6, 6.07) is 11.1. The smallest absolute Gasteiger partial charge is 0.231 e. The second-order valence-corrected chi connectivity index (χ2v) is 6.60. The number of carbonyl (C=O) groups is 1. The van der Waals surface area contributed by atoms with Crippen molar-refractivity contribution in [1.29, 1.82) is 0 Å². The normalized spacial score (nSPS) is 12.0. The molecule has 0 saturated heterocycles. The number of hydrogen-bond acceptors (Lipinski definition) is 6. The second kappa shape index (κ2) is 8.09. The van der Waals surface area contributed by atoms with Gasteiger partial charge in [0.15, 0.2) is 11.0 Å². The molecule has 0 unspecified atom stereocenters. The summed E-state index contributed by atoms with van der Waals surface area (Å²) in [7, 11) is 3.49. The first-order chi connectivity index (χ1) is 12.6. The lowest BCUT2D eigenvalue weighted by atomic mass is 10.2. The zero-order valence-corrected chi connectivity index (χ0v) is 15.6. The molecule has 0 aliphatic carbocycles. The Balaban J connectivity index is 1.64. The first-order valence-electron chi connectivity index (χ1n) is 8.08. The zero-order chi connectivity index (χ0) is 18.5. The maximum Gasteiger partial charge on any atom is 0.231 e. The van der Waals surface area contributed by atoms with Crippen molar-refractivity contribution in [3.63, 3.8) is 0 Å². The van der Waals surface area contributed by atoms with Gasteiger partial charge in [-0.3, -0.25) is 4.79 Å². The molecule has 0 saturated carbocycles. The minimum Gasteiger partial charge on any atom is -0.496 e. The molecule has 1 atom stereocenters. The molecule has 1 N–H and O–H groups in total. The number of para-hydroxylation sites is 1. The predicted molar refractivity (Wildman–Crippen MR) is 99.0 cm³/mol. The number of benzene rings is 1. The van der Waals surface area contributed by atoms with Crippen LogP contribution in [0.15, 0.2) is 52.2 Å². The topological polar surface area (TPSA) is 82.2 Å². The van der Waals surface area contributed by atoms with Gasteiger partial charge in [-0.2, -0.15) is 0 Å². The van der Waals surface area contributed by atoms with Gasteiger partial charge in [-0.25, -0.2) is 0 Å². The minimum absolute atomic E-state index is 0.0965. The number of furan rings is 1. The molecule has 1 amide bonds. The fraction of sp³-hybridized carbons (Fsp3) is 0.278.